The fraction of sp³-hybridized carbons (Fsp3) is 0.455. The second kappa shape index (κ2) is 15.9. The van der Waals surface area contributed by atoms with Gasteiger partial charge in [0.25, 0.3) is 20.2 Å². The molecule has 2 aromatic rings. The average Bonchev–Trinajstić information content (AvgIpc) is 2.85. The molecule has 0 aliphatic carbocycles. The number of rotatable bonds is 19. The summed E-state index contributed by atoms with van der Waals surface area (Å²) in [6, 6.07) is 15.8. The lowest BCUT2D eigenvalue weighted by molar-refractivity contribution is -0.00666. The molecule has 10 nitrogen and oxygen atoms in total. The van der Waals surface area contributed by atoms with Crippen LogP contribution in [0.25, 0.3) is 0 Å². The quantitative estimate of drug-likeness (QED) is 0.201. The van der Waals surface area contributed by atoms with E-state index in [4.69, 9.17) is 27.3 Å². The van der Waals surface area contributed by atoms with Gasteiger partial charge in [-0.15, -0.1) is 0 Å². The predicted octanol–water partition coefficient (Wildman–Crippen LogP) is 1.86. The van der Waals surface area contributed by atoms with Gasteiger partial charge in [0.1, 0.15) is 0 Å². The lowest BCUT2D eigenvalue weighted by atomic mass is 10.4. The Bertz CT molecular complexity index is 913. The molecule has 0 radical (unpaired) electrons. The molecule has 12 heteroatoms. The Morgan fingerprint density at radius 2 is 0.676 bits per heavy atom. The van der Waals surface area contributed by atoms with Gasteiger partial charge >= 0.3 is 0 Å². The molecule has 0 heterocycles. The van der Waals surface area contributed by atoms with Gasteiger partial charge < -0.3 is 18.9 Å². The van der Waals surface area contributed by atoms with E-state index < -0.39 is 20.2 Å². The van der Waals surface area contributed by atoms with Crippen LogP contribution in [0.5, 0.6) is 0 Å². The summed E-state index contributed by atoms with van der Waals surface area (Å²) >= 11 is 0. The van der Waals surface area contributed by atoms with Gasteiger partial charge in [-0.3, -0.25) is 8.37 Å². The molecule has 2 rings (SSSR count). The van der Waals surface area contributed by atoms with Gasteiger partial charge in [-0.05, 0) is 24.3 Å². The van der Waals surface area contributed by atoms with E-state index in [0.29, 0.717) is 39.6 Å². The Morgan fingerprint density at radius 1 is 0.412 bits per heavy atom. The molecule has 0 aliphatic heterocycles. The molecular formula is C22H30O10S2. The molecule has 2 aromatic carbocycles. The second-order valence-corrected chi connectivity index (χ2v) is 9.86. The zero-order valence-corrected chi connectivity index (χ0v) is 20.4. The third-order valence-corrected chi connectivity index (χ3v) is 6.77. The highest BCUT2D eigenvalue weighted by Gasteiger charge is 2.14. The van der Waals surface area contributed by atoms with Crippen molar-refractivity contribution in [3.05, 3.63) is 60.7 Å². The summed E-state index contributed by atoms with van der Waals surface area (Å²) in [5.74, 6) is 0. The van der Waals surface area contributed by atoms with Crippen LogP contribution < -0.4 is 0 Å². The Labute approximate surface area is 200 Å². The average molecular weight is 519 g/mol. The van der Waals surface area contributed by atoms with Crippen LogP contribution in [-0.4, -0.2) is 82.9 Å². The maximum atomic E-state index is 11.9. The normalized spacial score (nSPS) is 12.1. The van der Waals surface area contributed by atoms with E-state index >= 15 is 0 Å². The van der Waals surface area contributed by atoms with E-state index in [1.54, 1.807) is 36.4 Å². The van der Waals surface area contributed by atoms with E-state index in [0.717, 1.165) is 0 Å². The molecule has 0 aromatic heterocycles. The van der Waals surface area contributed by atoms with E-state index in [1.807, 2.05) is 0 Å². The van der Waals surface area contributed by atoms with Crippen LogP contribution in [0.1, 0.15) is 0 Å². The molecule has 0 fully saturated rings. The highest BCUT2D eigenvalue weighted by molar-refractivity contribution is 7.87. The van der Waals surface area contributed by atoms with Crippen LogP contribution in [0.4, 0.5) is 0 Å². The molecular weight excluding hydrogens is 488 g/mol. The highest BCUT2D eigenvalue weighted by Crippen LogP contribution is 2.11. The summed E-state index contributed by atoms with van der Waals surface area (Å²) in [7, 11) is -7.54. The number of ether oxygens (including phenoxy) is 4. The second-order valence-electron chi connectivity index (χ2n) is 6.63. The molecule has 0 spiro atoms. The number of hydrogen-bond donors (Lipinski definition) is 0. The smallest absolute Gasteiger partial charge is 0.297 e. The van der Waals surface area contributed by atoms with Gasteiger partial charge in [-0.1, -0.05) is 36.4 Å². The van der Waals surface area contributed by atoms with Crippen LogP contribution in [0.2, 0.25) is 0 Å². The molecule has 0 unspecified atom stereocenters. The van der Waals surface area contributed by atoms with Gasteiger partial charge in [0.2, 0.25) is 0 Å². The van der Waals surface area contributed by atoms with Crippen LogP contribution in [0.3, 0.4) is 0 Å². The van der Waals surface area contributed by atoms with E-state index in [1.165, 1.54) is 24.3 Å². The molecule has 0 saturated carbocycles. The third kappa shape index (κ3) is 11.5. The van der Waals surface area contributed by atoms with Crippen molar-refractivity contribution in [2.45, 2.75) is 9.79 Å². The standard InChI is InChI=1S/C22H30O10S2/c23-33(24,21-7-3-1-4-8-21)31-19-17-29-15-13-27-11-12-28-14-16-30-18-20-32-34(25,26)22-9-5-2-6-10-22/h1-10H,11-20H2. The molecule has 0 saturated heterocycles. The molecule has 0 amide bonds. The fourth-order valence-corrected chi connectivity index (χ4v) is 4.31. The summed E-state index contributed by atoms with van der Waals surface area (Å²) in [5, 5.41) is 0. The predicted molar refractivity (Wildman–Crippen MR) is 122 cm³/mol. The van der Waals surface area contributed by atoms with Gasteiger partial charge in [-0.25, -0.2) is 0 Å². The zero-order chi connectivity index (χ0) is 24.5. The van der Waals surface area contributed by atoms with Crippen molar-refractivity contribution in [2.75, 3.05) is 66.1 Å². The summed E-state index contributed by atoms with van der Waals surface area (Å²) in [5.41, 5.74) is 0. The minimum Gasteiger partial charge on any atom is -0.377 e. The molecule has 0 atom stereocenters. The van der Waals surface area contributed by atoms with Crippen LogP contribution in [-0.2, 0) is 47.5 Å². The van der Waals surface area contributed by atoms with Crippen molar-refractivity contribution in [3.63, 3.8) is 0 Å². The van der Waals surface area contributed by atoms with E-state index in [-0.39, 0.29) is 36.2 Å². The van der Waals surface area contributed by atoms with E-state index in [9.17, 15) is 16.8 Å². The summed E-state index contributed by atoms with van der Waals surface area (Å²) in [6.45, 7) is 2.07. The maximum absolute atomic E-state index is 11.9. The van der Waals surface area contributed by atoms with Crippen molar-refractivity contribution < 1.29 is 44.1 Å². The van der Waals surface area contributed by atoms with Gasteiger partial charge in [0.15, 0.2) is 0 Å². The minimum atomic E-state index is -3.77. The van der Waals surface area contributed by atoms with Crippen LogP contribution in [0.15, 0.2) is 70.5 Å². The summed E-state index contributed by atoms with van der Waals surface area (Å²) in [4.78, 5) is 0.209. The zero-order valence-electron chi connectivity index (χ0n) is 18.7. The number of hydrogen-bond acceptors (Lipinski definition) is 10. The third-order valence-electron chi connectivity index (χ3n) is 4.11. The van der Waals surface area contributed by atoms with Crippen LogP contribution >= 0.6 is 0 Å². The summed E-state index contributed by atoms with van der Waals surface area (Å²) < 4.78 is 78.6. The van der Waals surface area contributed by atoms with Crippen molar-refractivity contribution in [2.24, 2.45) is 0 Å². The first-order valence-corrected chi connectivity index (χ1v) is 13.4. The van der Waals surface area contributed by atoms with Crippen LogP contribution in [0, 0.1) is 0 Å². The first-order chi connectivity index (χ1) is 16.4. The first-order valence-electron chi connectivity index (χ1n) is 10.6. The Balaban J connectivity index is 1.35. The highest BCUT2D eigenvalue weighted by atomic mass is 32.2. The van der Waals surface area contributed by atoms with Gasteiger partial charge in [0.05, 0.1) is 75.9 Å². The van der Waals surface area contributed by atoms with Crippen molar-refractivity contribution in [3.8, 4) is 0 Å². The fourth-order valence-electron chi connectivity index (χ4n) is 2.48. The molecule has 0 bridgehead atoms. The van der Waals surface area contributed by atoms with Crippen molar-refractivity contribution in [1.29, 1.82) is 0 Å². The molecule has 0 aliphatic rings. The maximum Gasteiger partial charge on any atom is 0.297 e. The monoisotopic (exact) mass is 518 g/mol. The SMILES string of the molecule is O=S(=O)(OCCOCCOCCOCCOCCOS(=O)(=O)c1ccccc1)c1ccccc1. The van der Waals surface area contributed by atoms with Crippen molar-refractivity contribution in [1.82, 2.24) is 0 Å². The Hall–Kier alpha value is -1.90. The largest absolute Gasteiger partial charge is 0.377 e. The lowest BCUT2D eigenvalue weighted by Gasteiger charge is -2.08. The topological polar surface area (TPSA) is 124 Å². The molecule has 34 heavy (non-hydrogen) atoms. The Morgan fingerprint density at radius 3 is 0.971 bits per heavy atom. The summed E-state index contributed by atoms with van der Waals surface area (Å²) in [6.07, 6.45) is 0. The Kier molecular flexibility index (Phi) is 13.3. The molecule has 190 valence electrons. The van der Waals surface area contributed by atoms with E-state index in [2.05, 4.69) is 0 Å². The minimum absolute atomic E-state index is 0.0798. The molecule has 0 N–H and O–H groups in total. The van der Waals surface area contributed by atoms with Gasteiger partial charge in [-0.2, -0.15) is 16.8 Å². The number of benzene rings is 2. The first kappa shape index (κ1) is 28.3. The van der Waals surface area contributed by atoms with Crippen molar-refractivity contribution >= 4 is 20.2 Å². The lowest BCUT2D eigenvalue weighted by Crippen LogP contribution is -2.15. The van der Waals surface area contributed by atoms with Gasteiger partial charge in [0, 0.05) is 0 Å².